The van der Waals surface area contributed by atoms with Crippen LogP contribution in [0.3, 0.4) is 0 Å². The molecule has 2 aliphatic rings. The van der Waals surface area contributed by atoms with Crippen molar-refractivity contribution < 1.29 is 23.9 Å². The van der Waals surface area contributed by atoms with Gasteiger partial charge in [-0.25, -0.2) is 0 Å². The van der Waals surface area contributed by atoms with Gasteiger partial charge in [-0.15, -0.1) is 0 Å². The van der Waals surface area contributed by atoms with Gasteiger partial charge in [0.15, 0.2) is 0 Å². The number of hydrogen-bond donors (Lipinski definition) is 2. The van der Waals surface area contributed by atoms with Crippen molar-refractivity contribution in [3.05, 3.63) is 0 Å². The van der Waals surface area contributed by atoms with Crippen molar-refractivity contribution >= 4 is 17.8 Å². The summed E-state index contributed by atoms with van der Waals surface area (Å²) in [6, 6.07) is -0.524. The molecule has 2 aliphatic heterocycles. The number of piperidine rings is 1. The minimum absolute atomic E-state index is 0.102. The molecule has 24 heavy (non-hydrogen) atoms. The largest absolute Gasteiger partial charge is 0.460 e. The summed E-state index contributed by atoms with van der Waals surface area (Å²) in [4.78, 5) is 36.3. The van der Waals surface area contributed by atoms with E-state index in [4.69, 9.17) is 9.47 Å². The first-order valence-corrected chi connectivity index (χ1v) is 8.60. The fourth-order valence-electron chi connectivity index (χ4n) is 3.11. The molecule has 2 saturated heterocycles. The van der Waals surface area contributed by atoms with Crippen LogP contribution in [0, 0.1) is 0 Å². The summed E-state index contributed by atoms with van der Waals surface area (Å²) in [6.45, 7) is 6.42. The maximum absolute atomic E-state index is 12.6. The molecule has 0 aromatic heterocycles. The van der Waals surface area contributed by atoms with E-state index in [0.717, 1.165) is 0 Å². The number of rotatable bonds is 4. The second-order valence-electron chi connectivity index (χ2n) is 7.66. The Morgan fingerprint density at radius 2 is 2.00 bits per heavy atom. The lowest BCUT2D eigenvalue weighted by Crippen LogP contribution is -2.59. The van der Waals surface area contributed by atoms with Crippen molar-refractivity contribution in [1.29, 1.82) is 0 Å². The topological polar surface area (TPSA) is 93.7 Å². The SMILES string of the molecule is CC(C)(C)OC(=O)CC1(NC(=O)[C@H]2CCCC(=O)N2)CCOCC1. The molecule has 2 N–H and O–H groups in total. The molecule has 0 aromatic rings. The third-order valence-electron chi connectivity index (χ3n) is 4.29. The number of nitrogens with one attached hydrogen (secondary N) is 2. The zero-order valence-electron chi connectivity index (χ0n) is 14.8. The van der Waals surface area contributed by atoms with E-state index in [-0.39, 0.29) is 24.2 Å². The van der Waals surface area contributed by atoms with Crippen molar-refractivity contribution in [3.8, 4) is 0 Å². The number of hydrogen-bond acceptors (Lipinski definition) is 5. The Morgan fingerprint density at radius 1 is 1.33 bits per heavy atom. The lowest BCUT2D eigenvalue weighted by Gasteiger charge is -2.39. The highest BCUT2D eigenvalue weighted by Gasteiger charge is 2.39. The van der Waals surface area contributed by atoms with E-state index < -0.39 is 17.2 Å². The van der Waals surface area contributed by atoms with Crippen LogP contribution in [-0.2, 0) is 23.9 Å². The Bertz CT molecular complexity index is 492. The van der Waals surface area contributed by atoms with E-state index in [0.29, 0.717) is 45.3 Å². The molecule has 0 aromatic carbocycles. The standard InChI is InChI=1S/C17H28N2O5/c1-16(2,3)24-14(21)11-17(7-9-23-10-8-17)19-15(22)12-5-4-6-13(20)18-12/h12H,4-11H2,1-3H3,(H,18,20)(H,19,22)/t12-/m1/s1. The molecular weight excluding hydrogens is 312 g/mol. The molecule has 0 radical (unpaired) electrons. The van der Waals surface area contributed by atoms with Crippen molar-refractivity contribution in [2.45, 2.75) is 76.5 Å². The van der Waals surface area contributed by atoms with Crippen LogP contribution in [0.2, 0.25) is 0 Å². The van der Waals surface area contributed by atoms with Gasteiger partial charge < -0.3 is 20.1 Å². The van der Waals surface area contributed by atoms with Gasteiger partial charge in [-0.3, -0.25) is 14.4 Å². The minimum atomic E-state index is -0.667. The molecule has 0 spiro atoms. The van der Waals surface area contributed by atoms with E-state index in [2.05, 4.69) is 10.6 Å². The molecule has 1 atom stereocenters. The van der Waals surface area contributed by atoms with Gasteiger partial charge in [0.2, 0.25) is 11.8 Å². The molecular formula is C17H28N2O5. The lowest BCUT2D eigenvalue weighted by molar-refractivity contribution is -0.158. The van der Waals surface area contributed by atoms with E-state index in [1.54, 1.807) is 0 Å². The highest BCUT2D eigenvalue weighted by atomic mass is 16.6. The normalized spacial score (nSPS) is 24.0. The molecule has 2 heterocycles. The third-order valence-corrected chi connectivity index (χ3v) is 4.29. The molecule has 0 unspecified atom stereocenters. The predicted octanol–water partition coefficient (Wildman–Crippen LogP) is 1.05. The Labute approximate surface area is 142 Å². The van der Waals surface area contributed by atoms with Crippen LogP contribution in [-0.4, -0.2) is 48.2 Å². The van der Waals surface area contributed by atoms with Crippen LogP contribution in [0.25, 0.3) is 0 Å². The highest BCUT2D eigenvalue weighted by molar-refractivity contribution is 5.89. The van der Waals surface area contributed by atoms with Gasteiger partial charge in [-0.1, -0.05) is 0 Å². The van der Waals surface area contributed by atoms with Gasteiger partial charge in [0.1, 0.15) is 11.6 Å². The Balaban J connectivity index is 2.02. The zero-order chi connectivity index (χ0) is 17.8. The van der Waals surface area contributed by atoms with E-state index in [1.165, 1.54) is 0 Å². The smallest absolute Gasteiger partial charge is 0.308 e. The Morgan fingerprint density at radius 3 is 2.58 bits per heavy atom. The molecule has 0 aliphatic carbocycles. The second-order valence-corrected chi connectivity index (χ2v) is 7.66. The average Bonchev–Trinajstić information content (AvgIpc) is 2.45. The summed E-state index contributed by atoms with van der Waals surface area (Å²) in [5.41, 5.74) is -1.23. The van der Waals surface area contributed by atoms with E-state index >= 15 is 0 Å². The first kappa shape index (κ1) is 18.7. The Kier molecular flexibility index (Phi) is 5.85. The monoisotopic (exact) mass is 340 g/mol. The minimum Gasteiger partial charge on any atom is -0.460 e. The highest BCUT2D eigenvalue weighted by Crippen LogP contribution is 2.27. The van der Waals surface area contributed by atoms with Gasteiger partial charge in [-0.05, 0) is 46.5 Å². The quantitative estimate of drug-likeness (QED) is 0.746. The van der Waals surface area contributed by atoms with Crippen LogP contribution in [0.5, 0.6) is 0 Å². The van der Waals surface area contributed by atoms with Crippen LogP contribution in [0.15, 0.2) is 0 Å². The number of carbonyl (C=O) groups excluding carboxylic acids is 3. The van der Waals surface area contributed by atoms with Crippen molar-refractivity contribution in [2.75, 3.05) is 13.2 Å². The van der Waals surface area contributed by atoms with Gasteiger partial charge in [0.05, 0.1) is 12.0 Å². The maximum atomic E-state index is 12.6. The number of carbonyl (C=O) groups is 3. The molecule has 0 saturated carbocycles. The second kappa shape index (κ2) is 7.51. The summed E-state index contributed by atoms with van der Waals surface area (Å²) >= 11 is 0. The summed E-state index contributed by atoms with van der Waals surface area (Å²) in [5, 5.41) is 5.72. The Hall–Kier alpha value is -1.63. The first-order chi connectivity index (χ1) is 11.2. The van der Waals surface area contributed by atoms with Gasteiger partial charge in [-0.2, -0.15) is 0 Å². The fraction of sp³-hybridized carbons (Fsp3) is 0.824. The molecule has 7 heteroatoms. The predicted molar refractivity (Wildman–Crippen MR) is 87.2 cm³/mol. The molecule has 7 nitrogen and oxygen atoms in total. The summed E-state index contributed by atoms with van der Waals surface area (Å²) in [5.74, 6) is -0.666. The van der Waals surface area contributed by atoms with Crippen LogP contribution >= 0.6 is 0 Å². The van der Waals surface area contributed by atoms with Crippen LogP contribution in [0.4, 0.5) is 0 Å². The summed E-state index contributed by atoms with van der Waals surface area (Å²) in [7, 11) is 0. The maximum Gasteiger partial charge on any atom is 0.308 e. The van der Waals surface area contributed by atoms with Gasteiger partial charge >= 0.3 is 5.97 Å². The first-order valence-electron chi connectivity index (χ1n) is 8.60. The van der Waals surface area contributed by atoms with Crippen molar-refractivity contribution in [3.63, 3.8) is 0 Å². The lowest BCUT2D eigenvalue weighted by atomic mass is 9.85. The third kappa shape index (κ3) is 5.47. The fourth-order valence-corrected chi connectivity index (χ4v) is 3.11. The molecule has 0 bridgehead atoms. The zero-order valence-corrected chi connectivity index (χ0v) is 14.8. The number of amides is 2. The van der Waals surface area contributed by atoms with Gasteiger partial charge in [0, 0.05) is 19.6 Å². The summed E-state index contributed by atoms with van der Waals surface area (Å²) in [6.07, 6.45) is 3.00. The molecule has 2 fully saturated rings. The van der Waals surface area contributed by atoms with Crippen molar-refractivity contribution in [2.24, 2.45) is 0 Å². The average molecular weight is 340 g/mol. The molecule has 136 valence electrons. The van der Waals surface area contributed by atoms with Crippen LogP contribution in [0.1, 0.15) is 59.3 Å². The van der Waals surface area contributed by atoms with Gasteiger partial charge in [0.25, 0.3) is 0 Å². The van der Waals surface area contributed by atoms with Crippen LogP contribution < -0.4 is 10.6 Å². The molecule has 2 amide bonds. The van der Waals surface area contributed by atoms with Crippen molar-refractivity contribution in [1.82, 2.24) is 10.6 Å². The number of ether oxygens (including phenoxy) is 2. The summed E-state index contributed by atoms with van der Waals surface area (Å²) < 4.78 is 10.8. The molecule has 2 rings (SSSR count). The number of esters is 1. The van der Waals surface area contributed by atoms with E-state index in [9.17, 15) is 14.4 Å². The van der Waals surface area contributed by atoms with E-state index in [1.807, 2.05) is 20.8 Å².